The molecule has 0 spiro atoms. The highest BCUT2D eigenvalue weighted by molar-refractivity contribution is 7.16. The summed E-state index contributed by atoms with van der Waals surface area (Å²) in [5, 5.41) is 11.4. The molecule has 1 aliphatic rings. The standard InChI is InChI=1S/C12H14N4O2S/c1-7-4-15(5-8(7)13)9-2-3-10-11(14-6-19-10)12(9)16(17)18/h2-3,6-8H,4-5,13H2,1H3. The summed E-state index contributed by atoms with van der Waals surface area (Å²) in [7, 11) is 0. The van der Waals surface area contributed by atoms with Crippen LogP contribution in [0.4, 0.5) is 11.4 Å². The fourth-order valence-corrected chi connectivity index (χ4v) is 3.21. The maximum Gasteiger partial charge on any atom is 0.319 e. The van der Waals surface area contributed by atoms with Crippen LogP contribution in [0.15, 0.2) is 17.6 Å². The van der Waals surface area contributed by atoms with E-state index in [1.165, 1.54) is 11.3 Å². The van der Waals surface area contributed by atoms with Gasteiger partial charge in [0.05, 0.1) is 15.1 Å². The quantitative estimate of drug-likeness (QED) is 0.670. The van der Waals surface area contributed by atoms with Gasteiger partial charge in [-0.15, -0.1) is 11.3 Å². The average molecular weight is 278 g/mol. The second-order valence-electron chi connectivity index (χ2n) is 4.94. The van der Waals surface area contributed by atoms with E-state index in [1.807, 2.05) is 17.0 Å². The van der Waals surface area contributed by atoms with Crippen LogP contribution < -0.4 is 10.6 Å². The number of rotatable bonds is 2. The maximum absolute atomic E-state index is 11.4. The lowest BCUT2D eigenvalue weighted by Crippen LogP contribution is -2.28. The Kier molecular flexibility index (Phi) is 2.87. The Morgan fingerprint density at radius 2 is 2.32 bits per heavy atom. The van der Waals surface area contributed by atoms with Crippen LogP contribution in [0.5, 0.6) is 0 Å². The van der Waals surface area contributed by atoms with Gasteiger partial charge in [0.2, 0.25) is 0 Å². The highest BCUT2D eigenvalue weighted by Gasteiger charge is 2.32. The van der Waals surface area contributed by atoms with Gasteiger partial charge in [0, 0.05) is 19.1 Å². The molecule has 100 valence electrons. The Labute approximate surface area is 114 Å². The topological polar surface area (TPSA) is 85.3 Å². The van der Waals surface area contributed by atoms with Gasteiger partial charge in [-0.25, -0.2) is 4.98 Å². The molecule has 7 heteroatoms. The molecule has 2 unspecified atom stereocenters. The molecule has 1 aromatic heterocycles. The second-order valence-corrected chi connectivity index (χ2v) is 5.82. The van der Waals surface area contributed by atoms with Gasteiger partial charge >= 0.3 is 5.69 Å². The van der Waals surface area contributed by atoms with Crippen molar-refractivity contribution >= 4 is 32.9 Å². The first-order chi connectivity index (χ1) is 9.08. The number of nitrogens with zero attached hydrogens (tertiary/aromatic N) is 3. The van der Waals surface area contributed by atoms with Crippen molar-refractivity contribution in [3.05, 3.63) is 27.8 Å². The third-order valence-electron chi connectivity index (χ3n) is 3.65. The van der Waals surface area contributed by atoms with E-state index in [2.05, 4.69) is 11.9 Å². The van der Waals surface area contributed by atoms with E-state index in [-0.39, 0.29) is 16.7 Å². The van der Waals surface area contributed by atoms with Crippen molar-refractivity contribution in [2.24, 2.45) is 11.7 Å². The van der Waals surface area contributed by atoms with Crippen LogP contribution in [0.1, 0.15) is 6.92 Å². The Bertz CT molecular complexity index is 632. The zero-order valence-electron chi connectivity index (χ0n) is 10.4. The first-order valence-corrected chi connectivity index (χ1v) is 6.97. The second kappa shape index (κ2) is 4.43. The number of hydrogen-bond donors (Lipinski definition) is 1. The van der Waals surface area contributed by atoms with Crippen molar-refractivity contribution < 1.29 is 4.92 Å². The zero-order chi connectivity index (χ0) is 13.6. The summed E-state index contributed by atoms with van der Waals surface area (Å²) in [6, 6.07) is 3.76. The highest BCUT2D eigenvalue weighted by atomic mass is 32.1. The van der Waals surface area contributed by atoms with Crippen LogP contribution >= 0.6 is 11.3 Å². The normalized spacial score (nSPS) is 23.2. The molecule has 2 heterocycles. The average Bonchev–Trinajstić information content (AvgIpc) is 2.95. The molecule has 1 aliphatic heterocycles. The van der Waals surface area contributed by atoms with Crippen LogP contribution in [0.2, 0.25) is 0 Å². The molecule has 2 atom stereocenters. The van der Waals surface area contributed by atoms with E-state index in [0.29, 0.717) is 23.7 Å². The van der Waals surface area contributed by atoms with Gasteiger partial charge in [0.1, 0.15) is 5.69 Å². The van der Waals surface area contributed by atoms with Crippen molar-refractivity contribution in [1.29, 1.82) is 0 Å². The molecule has 3 rings (SSSR count). The first-order valence-electron chi connectivity index (χ1n) is 6.09. The molecule has 1 aromatic carbocycles. The van der Waals surface area contributed by atoms with E-state index in [1.54, 1.807) is 5.51 Å². The zero-order valence-corrected chi connectivity index (χ0v) is 11.3. The van der Waals surface area contributed by atoms with Crippen LogP contribution in [0, 0.1) is 16.0 Å². The number of nitro benzene ring substituents is 1. The van der Waals surface area contributed by atoms with Crippen molar-refractivity contribution in [2.45, 2.75) is 13.0 Å². The molecular formula is C12H14N4O2S. The summed E-state index contributed by atoms with van der Waals surface area (Å²) in [5.41, 5.74) is 8.84. The monoisotopic (exact) mass is 278 g/mol. The van der Waals surface area contributed by atoms with Gasteiger partial charge < -0.3 is 10.6 Å². The molecule has 0 saturated carbocycles. The molecular weight excluding hydrogens is 264 g/mol. The lowest BCUT2D eigenvalue weighted by molar-refractivity contribution is -0.382. The van der Waals surface area contributed by atoms with Gasteiger partial charge in [-0.2, -0.15) is 0 Å². The molecule has 0 aliphatic carbocycles. The summed E-state index contributed by atoms with van der Waals surface area (Å²) in [4.78, 5) is 17.1. The fourth-order valence-electron chi connectivity index (χ4n) is 2.53. The van der Waals surface area contributed by atoms with Gasteiger partial charge in [0.15, 0.2) is 5.52 Å². The van der Waals surface area contributed by atoms with Crippen LogP contribution in [-0.2, 0) is 0 Å². The molecule has 19 heavy (non-hydrogen) atoms. The number of nitro groups is 1. The summed E-state index contributed by atoms with van der Waals surface area (Å²) in [5.74, 6) is 0.339. The lowest BCUT2D eigenvalue weighted by Gasteiger charge is -2.18. The van der Waals surface area contributed by atoms with Gasteiger partial charge in [-0.3, -0.25) is 10.1 Å². The molecule has 0 radical (unpaired) electrons. The molecule has 0 amide bonds. The predicted molar refractivity (Wildman–Crippen MR) is 75.6 cm³/mol. The molecule has 6 nitrogen and oxygen atoms in total. The summed E-state index contributed by atoms with van der Waals surface area (Å²) in [6.45, 7) is 3.47. The Morgan fingerprint density at radius 1 is 1.53 bits per heavy atom. The predicted octanol–water partition coefficient (Wildman–Crippen LogP) is 1.99. The Hall–Kier alpha value is -1.73. The fraction of sp³-hybridized carbons (Fsp3) is 0.417. The number of nitrogens with two attached hydrogens (primary N) is 1. The highest BCUT2D eigenvalue weighted by Crippen LogP contribution is 2.38. The van der Waals surface area contributed by atoms with Crippen molar-refractivity contribution in [3.8, 4) is 0 Å². The Morgan fingerprint density at radius 3 is 2.95 bits per heavy atom. The lowest BCUT2D eigenvalue weighted by atomic mass is 10.1. The Balaban J connectivity index is 2.13. The smallest absolute Gasteiger partial charge is 0.319 e. The minimum Gasteiger partial charge on any atom is -0.364 e. The van der Waals surface area contributed by atoms with Crippen LogP contribution in [0.3, 0.4) is 0 Å². The largest absolute Gasteiger partial charge is 0.364 e. The molecule has 0 bridgehead atoms. The molecule has 1 saturated heterocycles. The van der Waals surface area contributed by atoms with E-state index < -0.39 is 0 Å². The number of thiazole rings is 1. The van der Waals surface area contributed by atoms with Gasteiger partial charge in [0.25, 0.3) is 0 Å². The van der Waals surface area contributed by atoms with Crippen LogP contribution in [-0.4, -0.2) is 29.0 Å². The minimum absolute atomic E-state index is 0.0609. The van der Waals surface area contributed by atoms with Gasteiger partial charge in [-0.1, -0.05) is 6.92 Å². The van der Waals surface area contributed by atoms with E-state index in [4.69, 9.17) is 5.73 Å². The number of aromatic nitrogens is 1. The maximum atomic E-state index is 11.4. The van der Waals surface area contributed by atoms with E-state index in [9.17, 15) is 10.1 Å². The number of anilines is 1. The molecule has 2 aromatic rings. The summed E-state index contributed by atoms with van der Waals surface area (Å²) in [6.07, 6.45) is 0. The SMILES string of the molecule is CC1CN(c2ccc3scnc3c2[N+](=O)[O-])CC1N. The van der Waals surface area contributed by atoms with Crippen molar-refractivity contribution in [3.63, 3.8) is 0 Å². The van der Waals surface area contributed by atoms with E-state index >= 15 is 0 Å². The number of benzene rings is 1. The van der Waals surface area contributed by atoms with Crippen molar-refractivity contribution in [2.75, 3.05) is 18.0 Å². The van der Waals surface area contributed by atoms with Crippen LogP contribution in [0.25, 0.3) is 10.2 Å². The third kappa shape index (κ3) is 1.95. The van der Waals surface area contributed by atoms with Gasteiger partial charge in [-0.05, 0) is 18.1 Å². The number of hydrogen-bond acceptors (Lipinski definition) is 6. The summed E-state index contributed by atoms with van der Waals surface area (Å²) < 4.78 is 0.840. The third-order valence-corrected chi connectivity index (χ3v) is 4.44. The summed E-state index contributed by atoms with van der Waals surface area (Å²) >= 11 is 1.41. The molecule has 1 fully saturated rings. The van der Waals surface area contributed by atoms with Crippen molar-refractivity contribution in [1.82, 2.24) is 4.98 Å². The first kappa shape index (κ1) is 12.3. The number of fused-ring (bicyclic) bond motifs is 1. The van der Waals surface area contributed by atoms with E-state index in [0.717, 1.165) is 11.2 Å². The molecule has 2 N–H and O–H groups in total. The minimum atomic E-state index is -0.341.